The van der Waals surface area contributed by atoms with E-state index < -0.39 is 0 Å². The van der Waals surface area contributed by atoms with Crippen LogP contribution in [0.3, 0.4) is 0 Å². The van der Waals surface area contributed by atoms with Gasteiger partial charge in [0.1, 0.15) is 0 Å². The van der Waals surface area contributed by atoms with E-state index in [1.165, 1.54) is 27.7 Å². The lowest BCUT2D eigenvalue weighted by Gasteiger charge is -2.24. The molecule has 0 aromatic carbocycles. The van der Waals surface area contributed by atoms with Crippen molar-refractivity contribution < 1.29 is 0 Å². The highest BCUT2D eigenvalue weighted by atomic mass is 127. The zero-order valence-electron chi connectivity index (χ0n) is 8.82. The molecule has 1 aliphatic rings. The summed E-state index contributed by atoms with van der Waals surface area (Å²) < 4.78 is 3.47. The molecule has 0 aliphatic heterocycles. The molecule has 0 saturated carbocycles. The number of hydrogen-bond donors (Lipinski definition) is 1. The summed E-state index contributed by atoms with van der Waals surface area (Å²) in [5.41, 5.74) is 5.06. The zero-order chi connectivity index (χ0) is 11.0. The lowest BCUT2D eigenvalue weighted by atomic mass is 9.95. The average molecular weight is 344 g/mol. The average Bonchev–Trinajstić information content (AvgIpc) is 2.86. The van der Waals surface area contributed by atoms with Crippen LogP contribution < -0.4 is 5.43 Å². The number of nitrogens with zero attached hydrogens (tertiary/aromatic N) is 1. The van der Waals surface area contributed by atoms with Crippen LogP contribution in [-0.4, -0.2) is 4.68 Å². The van der Waals surface area contributed by atoms with Crippen molar-refractivity contribution in [3.63, 3.8) is 0 Å². The molecule has 2 nitrogen and oxygen atoms in total. The maximum Gasteiger partial charge on any atom is 0.0684 e. The first kappa shape index (κ1) is 10.7. The first-order chi connectivity index (χ1) is 7.83. The van der Waals surface area contributed by atoms with Crippen molar-refractivity contribution in [2.45, 2.75) is 25.3 Å². The Morgan fingerprint density at radius 1 is 1.38 bits per heavy atom. The van der Waals surface area contributed by atoms with Crippen molar-refractivity contribution in [2.75, 3.05) is 5.43 Å². The Bertz CT molecular complexity index is 475. The van der Waals surface area contributed by atoms with Gasteiger partial charge in [0.25, 0.3) is 0 Å². The molecule has 1 unspecified atom stereocenters. The van der Waals surface area contributed by atoms with E-state index in [4.69, 9.17) is 0 Å². The van der Waals surface area contributed by atoms with Crippen molar-refractivity contribution in [3.05, 3.63) is 43.9 Å². The minimum atomic E-state index is 0.482. The summed E-state index contributed by atoms with van der Waals surface area (Å²) in [4.78, 5) is 1.57. The van der Waals surface area contributed by atoms with Gasteiger partial charge in [-0.1, -0.05) is 0 Å². The van der Waals surface area contributed by atoms with Crippen LogP contribution >= 0.6 is 33.9 Å². The molecular formula is C12H13IN2S. The third-order valence-electron chi connectivity index (χ3n) is 2.99. The number of thiophene rings is 1. The smallest absolute Gasteiger partial charge is 0.0684 e. The summed E-state index contributed by atoms with van der Waals surface area (Å²) in [7, 11) is 0. The summed E-state index contributed by atoms with van der Waals surface area (Å²) in [6, 6.07) is 6.92. The Hall–Kier alpha value is -0.490. The van der Waals surface area contributed by atoms with Crippen LogP contribution in [0.2, 0.25) is 0 Å². The van der Waals surface area contributed by atoms with E-state index >= 15 is 0 Å². The normalized spacial score (nSPS) is 19.4. The van der Waals surface area contributed by atoms with Gasteiger partial charge in [0.05, 0.1) is 8.93 Å². The molecule has 0 spiro atoms. The van der Waals surface area contributed by atoms with Crippen LogP contribution in [0.15, 0.2) is 30.6 Å². The highest BCUT2D eigenvalue weighted by molar-refractivity contribution is 14.1. The molecule has 0 saturated heterocycles. The molecule has 1 aliphatic carbocycles. The van der Waals surface area contributed by atoms with Crippen LogP contribution in [0.5, 0.6) is 0 Å². The molecule has 0 radical (unpaired) electrons. The fourth-order valence-electron chi connectivity index (χ4n) is 2.26. The Morgan fingerprint density at radius 2 is 2.19 bits per heavy atom. The van der Waals surface area contributed by atoms with E-state index in [0.29, 0.717) is 6.04 Å². The number of fused-ring (bicyclic) bond motifs is 1. The maximum atomic E-state index is 3.55. The monoisotopic (exact) mass is 344 g/mol. The van der Waals surface area contributed by atoms with Gasteiger partial charge in [-0.05, 0) is 65.6 Å². The predicted molar refractivity (Wildman–Crippen MR) is 76.5 cm³/mol. The second kappa shape index (κ2) is 4.41. The van der Waals surface area contributed by atoms with Gasteiger partial charge >= 0.3 is 0 Å². The van der Waals surface area contributed by atoms with Crippen LogP contribution in [0.1, 0.15) is 29.3 Å². The Kier molecular flexibility index (Phi) is 2.93. The zero-order valence-corrected chi connectivity index (χ0v) is 11.8. The third kappa shape index (κ3) is 2.00. The second-order valence-corrected chi connectivity index (χ2v) is 7.12. The summed E-state index contributed by atoms with van der Waals surface area (Å²) >= 11 is 4.37. The van der Waals surface area contributed by atoms with Gasteiger partial charge in [0.2, 0.25) is 0 Å². The first-order valence-corrected chi connectivity index (χ1v) is 7.40. The Labute approximate surface area is 113 Å². The van der Waals surface area contributed by atoms with Crippen molar-refractivity contribution in [1.29, 1.82) is 0 Å². The van der Waals surface area contributed by atoms with E-state index in [2.05, 4.69) is 51.2 Å². The topological polar surface area (TPSA) is 17.0 Å². The minimum absolute atomic E-state index is 0.482. The van der Waals surface area contributed by atoms with Gasteiger partial charge in [-0.2, -0.15) is 0 Å². The Morgan fingerprint density at radius 3 is 3.00 bits per heavy atom. The number of nitrogens with one attached hydrogen (secondary N) is 1. The van der Waals surface area contributed by atoms with Gasteiger partial charge in [-0.15, -0.1) is 11.3 Å². The molecule has 1 N–H and O–H groups in total. The molecule has 2 heterocycles. The quantitative estimate of drug-likeness (QED) is 0.821. The Balaban J connectivity index is 1.87. The molecule has 16 heavy (non-hydrogen) atoms. The van der Waals surface area contributed by atoms with Crippen LogP contribution in [0.25, 0.3) is 0 Å². The van der Waals surface area contributed by atoms with Crippen molar-refractivity contribution in [2.24, 2.45) is 0 Å². The fraction of sp³-hybridized carbons (Fsp3) is 0.333. The lowest BCUT2D eigenvalue weighted by Crippen LogP contribution is -2.22. The summed E-state index contributed by atoms with van der Waals surface area (Å²) in [6.07, 6.45) is 7.91. The molecule has 2 aromatic heterocycles. The predicted octanol–water partition coefficient (Wildman–Crippen LogP) is 3.78. The molecule has 2 aromatic rings. The molecule has 84 valence electrons. The van der Waals surface area contributed by atoms with Gasteiger partial charge in [-0.25, -0.2) is 0 Å². The number of aryl methyl sites for hydroxylation is 1. The largest absolute Gasteiger partial charge is 0.319 e. The van der Waals surface area contributed by atoms with Crippen LogP contribution in [-0.2, 0) is 6.42 Å². The van der Waals surface area contributed by atoms with Gasteiger partial charge in [0, 0.05) is 17.3 Å². The third-order valence-corrected chi connectivity index (χ3v) is 4.96. The van der Waals surface area contributed by atoms with Crippen molar-refractivity contribution in [3.8, 4) is 0 Å². The second-order valence-electron chi connectivity index (χ2n) is 4.09. The number of rotatable bonds is 2. The molecule has 1 atom stereocenters. The summed E-state index contributed by atoms with van der Waals surface area (Å²) in [5.74, 6) is 0. The number of halogens is 1. The van der Waals surface area contributed by atoms with Crippen LogP contribution in [0, 0.1) is 2.88 Å². The molecule has 0 amide bonds. The summed E-state index contributed by atoms with van der Waals surface area (Å²) in [6.45, 7) is 0. The molecule has 0 fully saturated rings. The first-order valence-electron chi connectivity index (χ1n) is 5.50. The van der Waals surface area contributed by atoms with Crippen LogP contribution in [0.4, 0.5) is 0 Å². The standard InChI is InChI=1S/C12H13IN2S/c13-12-8-9-10(4-3-5-11(9)16-12)14-15-6-1-2-7-15/h1-2,6-8,10,14H,3-5H2. The molecular weight excluding hydrogens is 331 g/mol. The highest BCUT2D eigenvalue weighted by Crippen LogP contribution is 2.36. The lowest BCUT2D eigenvalue weighted by molar-refractivity contribution is 0.562. The van der Waals surface area contributed by atoms with E-state index in [0.717, 1.165) is 0 Å². The summed E-state index contributed by atoms with van der Waals surface area (Å²) in [5, 5.41) is 0. The van der Waals surface area contributed by atoms with E-state index in [-0.39, 0.29) is 0 Å². The van der Waals surface area contributed by atoms with Crippen molar-refractivity contribution >= 4 is 33.9 Å². The minimum Gasteiger partial charge on any atom is -0.319 e. The molecule has 0 bridgehead atoms. The van der Waals surface area contributed by atoms with Gasteiger partial charge in [-0.3, -0.25) is 4.68 Å². The molecule has 4 heteroatoms. The molecule has 3 rings (SSSR count). The van der Waals surface area contributed by atoms with Gasteiger partial charge in [0.15, 0.2) is 0 Å². The van der Waals surface area contributed by atoms with E-state index in [1.807, 2.05) is 23.5 Å². The van der Waals surface area contributed by atoms with Gasteiger partial charge < -0.3 is 5.43 Å². The maximum absolute atomic E-state index is 3.55. The SMILES string of the molecule is Ic1cc2c(s1)CCCC2Nn1cccc1. The highest BCUT2D eigenvalue weighted by Gasteiger charge is 2.22. The van der Waals surface area contributed by atoms with E-state index in [1.54, 1.807) is 4.88 Å². The van der Waals surface area contributed by atoms with E-state index in [9.17, 15) is 0 Å². The number of aromatic nitrogens is 1. The number of hydrogen-bond acceptors (Lipinski definition) is 2. The fourth-order valence-corrected chi connectivity index (χ4v) is 4.38. The van der Waals surface area contributed by atoms with Crippen molar-refractivity contribution in [1.82, 2.24) is 4.68 Å².